The van der Waals surface area contributed by atoms with Gasteiger partial charge in [0.05, 0.1) is 0 Å². The lowest BCUT2D eigenvalue weighted by Gasteiger charge is -2.12. The van der Waals surface area contributed by atoms with Crippen molar-refractivity contribution in [2.45, 2.75) is 9.79 Å². The van der Waals surface area contributed by atoms with Crippen LogP contribution in [0.3, 0.4) is 0 Å². The zero-order chi connectivity index (χ0) is 14.1. The van der Waals surface area contributed by atoms with Crippen LogP contribution in [0.5, 0.6) is 0 Å². The van der Waals surface area contributed by atoms with Crippen LogP contribution in [-0.4, -0.2) is 10.7 Å². The van der Waals surface area contributed by atoms with Crippen LogP contribution in [-0.2, 0) is 0 Å². The number of hydrogen-bond acceptors (Lipinski definition) is 1. The van der Waals surface area contributed by atoms with Gasteiger partial charge in [0.2, 0.25) is 0 Å². The van der Waals surface area contributed by atoms with Gasteiger partial charge < -0.3 is 0 Å². The molecule has 102 valence electrons. The van der Waals surface area contributed by atoms with Crippen molar-refractivity contribution >= 4 is 70.7 Å². The van der Waals surface area contributed by atoms with Crippen molar-refractivity contribution < 1.29 is 0 Å². The molecule has 0 saturated carbocycles. The SMILES string of the molecule is BrCC1=C(CBr)c2cc(Br)ccc2Sc2ccccc21. The molecule has 2 aromatic rings. The topological polar surface area (TPSA) is 0 Å². The fourth-order valence-corrected chi connectivity index (χ4v) is 5.14. The second-order valence-corrected chi connectivity index (χ2v) is 7.58. The monoisotopic (exact) mass is 472 g/mol. The molecule has 1 aliphatic heterocycles. The molecule has 2 aromatic carbocycles. The maximum Gasteiger partial charge on any atom is 0.0292 e. The highest BCUT2D eigenvalue weighted by Gasteiger charge is 2.21. The molecule has 0 radical (unpaired) electrons. The Morgan fingerprint density at radius 3 is 2.20 bits per heavy atom. The molecular weight excluding hydrogens is 464 g/mol. The quantitative estimate of drug-likeness (QED) is 0.441. The summed E-state index contributed by atoms with van der Waals surface area (Å²) in [7, 11) is 0. The standard InChI is InChI=1S/C16H11Br3S/c17-8-13-11-3-1-2-4-15(11)20-16-6-5-10(19)7-12(16)14(13)9-18/h1-7H,8-9H2. The molecule has 0 atom stereocenters. The molecular formula is C16H11Br3S. The minimum Gasteiger partial charge on any atom is -0.0888 e. The Hall–Kier alpha value is -0.0300. The molecule has 0 aliphatic carbocycles. The van der Waals surface area contributed by atoms with Crippen molar-refractivity contribution in [3.05, 3.63) is 58.1 Å². The van der Waals surface area contributed by atoms with Crippen LogP contribution in [0.25, 0.3) is 11.1 Å². The van der Waals surface area contributed by atoms with Gasteiger partial charge in [-0.15, -0.1) is 0 Å². The van der Waals surface area contributed by atoms with E-state index in [1.54, 1.807) is 0 Å². The predicted octanol–water partition coefficient (Wildman–Crippen LogP) is 6.61. The lowest BCUT2D eigenvalue weighted by Crippen LogP contribution is -1.95. The van der Waals surface area contributed by atoms with Gasteiger partial charge in [-0.2, -0.15) is 0 Å². The van der Waals surface area contributed by atoms with Gasteiger partial charge in [-0.25, -0.2) is 0 Å². The summed E-state index contributed by atoms with van der Waals surface area (Å²) in [5, 5.41) is 1.71. The van der Waals surface area contributed by atoms with E-state index in [4.69, 9.17) is 0 Å². The molecule has 0 unspecified atom stereocenters. The number of fused-ring (bicyclic) bond motifs is 2. The Labute approximate surface area is 148 Å². The molecule has 1 heterocycles. The van der Waals surface area contributed by atoms with Crippen molar-refractivity contribution in [2.24, 2.45) is 0 Å². The number of benzene rings is 2. The molecule has 0 spiro atoms. The van der Waals surface area contributed by atoms with Gasteiger partial charge in [0.1, 0.15) is 0 Å². The largest absolute Gasteiger partial charge is 0.0888 e. The molecule has 4 heteroatoms. The van der Waals surface area contributed by atoms with E-state index in [0.29, 0.717) is 0 Å². The molecule has 20 heavy (non-hydrogen) atoms. The predicted molar refractivity (Wildman–Crippen MR) is 99.1 cm³/mol. The van der Waals surface area contributed by atoms with Crippen molar-refractivity contribution in [1.82, 2.24) is 0 Å². The van der Waals surface area contributed by atoms with Crippen LogP contribution in [0.4, 0.5) is 0 Å². The van der Waals surface area contributed by atoms with E-state index in [9.17, 15) is 0 Å². The number of alkyl halides is 2. The van der Waals surface area contributed by atoms with Crippen LogP contribution in [0.2, 0.25) is 0 Å². The van der Waals surface area contributed by atoms with E-state index < -0.39 is 0 Å². The fraction of sp³-hybridized carbons (Fsp3) is 0.125. The fourth-order valence-electron chi connectivity index (χ4n) is 2.38. The van der Waals surface area contributed by atoms with E-state index >= 15 is 0 Å². The third-order valence-electron chi connectivity index (χ3n) is 3.33. The number of rotatable bonds is 2. The van der Waals surface area contributed by atoms with E-state index in [2.05, 4.69) is 90.3 Å². The number of hydrogen-bond donors (Lipinski definition) is 0. The number of allylic oxidation sites excluding steroid dienone is 2. The normalized spacial score (nSPS) is 13.8. The Balaban J connectivity index is 2.34. The van der Waals surface area contributed by atoms with Crippen molar-refractivity contribution in [3.8, 4) is 0 Å². The van der Waals surface area contributed by atoms with Crippen LogP contribution < -0.4 is 0 Å². The van der Waals surface area contributed by atoms with E-state index in [-0.39, 0.29) is 0 Å². The van der Waals surface area contributed by atoms with E-state index in [0.717, 1.165) is 15.1 Å². The van der Waals surface area contributed by atoms with E-state index in [1.807, 2.05) is 11.8 Å². The molecule has 0 fully saturated rings. The Kier molecular flexibility index (Phi) is 4.75. The third kappa shape index (κ3) is 2.68. The summed E-state index contributed by atoms with van der Waals surface area (Å²) in [5.74, 6) is 0. The molecule has 1 aliphatic rings. The molecule has 0 aromatic heterocycles. The highest BCUT2D eigenvalue weighted by molar-refractivity contribution is 9.10. The lowest BCUT2D eigenvalue weighted by atomic mass is 9.97. The summed E-state index contributed by atoms with van der Waals surface area (Å²) in [6.45, 7) is 0. The molecule has 0 nitrogen and oxygen atoms in total. The minimum absolute atomic E-state index is 0.853. The summed E-state index contributed by atoms with van der Waals surface area (Å²) < 4.78 is 1.12. The smallest absolute Gasteiger partial charge is 0.0292 e. The Morgan fingerprint density at radius 2 is 1.45 bits per heavy atom. The zero-order valence-corrected chi connectivity index (χ0v) is 16.1. The molecule has 3 rings (SSSR count). The first-order valence-corrected chi connectivity index (χ1v) is 10.0. The summed E-state index contributed by atoms with van der Waals surface area (Å²) >= 11 is 12.8. The minimum atomic E-state index is 0.853. The third-order valence-corrected chi connectivity index (χ3v) is 6.10. The Morgan fingerprint density at radius 1 is 0.800 bits per heavy atom. The molecule has 0 saturated heterocycles. The van der Waals surface area contributed by atoms with Crippen LogP contribution >= 0.6 is 59.6 Å². The van der Waals surface area contributed by atoms with Gasteiger partial charge in [-0.3, -0.25) is 0 Å². The lowest BCUT2D eigenvalue weighted by molar-refractivity contribution is 1.36. The maximum atomic E-state index is 3.67. The van der Waals surface area contributed by atoms with Gasteiger partial charge in [-0.1, -0.05) is 77.8 Å². The second-order valence-electron chi connectivity index (χ2n) is 4.46. The average molecular weight is 475 g/mol. The van der Waals surface area contributed by atoms with Crippen LogP contribution in [0, 0.1) is 0 Å². The molecule has 0 amide bonds. The first-order chi connectivity index (χ1) is 9.74. The van der Waals surface area contributed by atoms with Gasteiger partial charge in [0.25, 0.3) is 0 Å². The summed E-state index contributed by atoms with van der Waals surface area (Å²) in [6, 6.07) is 15.1. The molecule has 0 bridgehead atoms. The summed E-state index contributed by atoms with van der Waals surface area (Å²) in [4.78, 5) is 2.63. The average Bonchev–Trinajstić information content (AvgIpc) is 2.60. The Bertz CT molecular complexity index is 692. The van der Waals surface area contributed by atoms with Gasteiger partial charge in [-0.05, 0) is 46.5 Å². The molecule has 0 N–H and O–H groups in total. The first-order valence-electron chi connectivity index (χ1n) is 6.15. The zero-order valence-electron chi connectivity index (χ0n) is 10.5. The highest BCUT2D eigenvalue weighted by atomic mass is 79.9. The summed E-state index contributed by atoms with van der Waals surface area (Å²) in [6.07, 6.45) is 0. The maximum absolute atomic E-state index is 3.67. The van der Waals surface area contributed by atoms with Crippen molar-refractivity contribution in [2.75, 3.05) is 10.7 Å². The van der Waals surface area contributed by atoms with Gasteiger partial charge in [0.15, 0.2) is 0 Å². The number of halogens is 3. The first kappa shape index (κ1) is 14.9. The van der Waals surface area contributed by atoms with Crippen LogP contribution in [0.15, 0.2) is 56.7 Å². The van der Waals surface area contributed by atoms with Crippen LogP contribution in [0.1, 0.15) is 11.1 Å². The van der Waals surface area contributed by atoms with Crippen molar-refractivity contribution in [3.63, 3.8) is 0 Å². The second kappa shape index (κ2) is 6.39. The van der Waals surface area contributed by atoms with Gasteiger partial charge >= 0.3 is 0 Å². The van der Waals surface area contributed by atoms with Gasteiger partial charge in [0, 0.05) is 24.9 Å². The highest BCUT2D eigenvalue weighted by Crippen LogP contribution is 2.45. The summed E-state index contributed by atoms with van der Waals surface area (Å²) in [5.41, 5.74) is 5.36. The van der Waals surface area contributed by atoms with Crippen molar-refractivity contribution in [1.29, 1.82) is 0 Å². The van der Waals surface area contributed by atoms with E-state index in [1.165, 1.54) is 32.1 Å².